The lowest BCUT2D eigenvalue weighted by molar-refractivity contribution is -0.0797. The van der Waals surface area contributed by atoms with Gasteiger partial charge in [-0.2, -0.15) is 13.2 Å². The molecule has 0 heterocycles. The van der Waals surface area contributed by atoms with E-state index in [9.17, 15) is 13.2 Å². The third kappa shape index (κ3) is 7.75. The Morgan fingerprint density at radius 1 is 1.10 bits per heavy atom. The van der Waals surface area contributed by atoms with E-state index in [1.807, 2.05) is 19.6 Å². The smallest absolute Gasteiger partial charge is 0.167 e. The Bertz CT molecular complexity index is 113. The van der Waals surface area contributed by atoms with Gasteiger partial charge in [0, 0.05) is 6.08 Å². The second-order valence-electron chi connectivity index (χ2n) is 3.24. The second-order valence-corrected chi connectivity index (χ2v) is 8.31. The molecule has 0 aliphatic rings. The maximum atomic E-state index is 11.5. The van der Waals surface area contributed by atoms with Crippen molar-refractivity contribution in [3.8, 4) is 0 Å². The van der Waals surface area contributed by atoms with Crippen LogP contribution in [-0.4, -0.2) is 14.3 Å². The Morgan fingerprint density at radius 3 is 1.60 bits per heavy atom. The van der Waals surface area contributed by atoms with Crippen molar-refractivity contribution in [2.24, 2.45) is 0 Å². The average molecular weight is 168 g/mol. The van der Waals surface area contributed by atoms with Crippen LogP contribution in [0.1, 0.15) is 0 Å². The first kappa shape index (κ1) is 9.75. The average Bonchev–Trinajstić information content (AvgIpc) is 1.57. The quantitative estimate of drug-likeness (QED) is 0.528. The first-order valence-electron chi connectivity index (χ1n) is 2.98. The molecule has 0 N–H and O–H groups in total. The molecule has 0 radical (unpaired) electrons. The molecule has 0 aromatic rings. The molecular weight excluding hydrogens is 157 g/mol. The summed E-state index contributed by atoms with van der Waals surface area (Å²) < 4.78 is 34.6. The summed E-state index contributed by atoms with van der Waals surface area (Å²) in [5.41, 5.74) is 1.28. The van der Waals surface area contributed by atoms with Crippen molar-refractivity contribution < 1.29 is 13.2 Å². The summed E-state index contributed by atoms with van der Waals surface area (Å²) in [5, 5.41) is 0. The zero-order valence-corrected chi connectivity index (χ0v) is 7.29. The molecule has 0 atom stereocenters. The fraction of sp³-hybridized carbons (Fsp3) is 0.667. The van der Waals surface area contributed by atoms with Gasteiger partial charge < -0.3 is 0 Å². The van der Waals surface area contributed by atoms with E-state index in [-0.39, 0.29) is 0 Å². The fourth-order valence-electron chi connectivity index (χ4n) is 0.344. The van der Waals surface area contributed by atoms with Gasteiger partial charge in [0.25, 0.3) is 0 Å². The van der Waals surface area contributed by atoms with Crippen molar-refractivity contribution in [3.63, 3.8) is 0 Å². The summed E-state index contributed by atoms with van der Waals surface area (Å²) >= 11 is 0. The highest BCUT2D eigenvalue weighted by Gasteiger charge is 2.23. The highest BCUT2D eigenvalue weighted by Crippen LogP contribution is 2.17. The van der Waals surface area contributed by atoms with Gasteiger partial charge in [0.15, 0.2) is 0 Å². The molecule has 0 rings (SSSR count). The SMILES string of the molecule is C[Si](C)(C)/C=C\C(F)(F)F. The number of halogens is 3. The van der Waals surface area contributed by atoms with Crippen LogP contribution >= 0.6 is 0 Å². The van der Waals surface area contributed by atoms with E-state index in [0.29, 0.717) is 6.08 Å². The first-order valence-corrected chi connectivity index (χ1v) is 6.55. The van der Waals surface area contributed by atoms with Crippen LogP contribution in [0.3, 0.4) is 0 Å². The van der Waals surface area contributed by atoms with Gasteiger partial charge in [-0.15, -0.1) is 0 Å². The van der Waals surface area contributed by atoms with Crippen molar-refractivity contribution in [1.29, 1.82) is 0 Å². The van der Waals surface area contributed by atoms with Crippen LogP contribution in [0, 0.1) is 0 Å². The van der Waals surface area contributed by atoms with E-state index >= 15 is 0 Å². The molecule has 4 heteroatoms. The highest BCUT2D eigenvalue weighted by molar-refractivity contribution is 6.80. The number of hydrogen-bond acceptors (Lipinski definition) is 0. The Morgan fingerprint density at radius 2 is 1.50 bits per heavy atom. The standard InChI is InChI=1S/C6H11F3Si/c1-10(2,3)5-4-6(7,8)9/h4-5H,1-3H3/b5-4-. The Labute approximate surface area is 59.8 Å². The maximum absolute atomic E-state index is 11.5. The highest BCUT2D eigenvalue weighted by atomic mass is 28.3. The van der Waals surface area contributed by atoms with E-state index in [4.69, 9.17) is 0 Å². The van der Waals surface area contributed by atoms with Gasteiger partial charge in [0.1, 0.15) is 0 Å². The van der Waals surface area contributed by atoms with E-state index in [0.717, 1.165) is 0 Å². The summed E-state index contributed by atoms with van der Waals surface area (Å²) in [6, 6.07) is 0. The third-order valence-electron chi connectivity index (χ3n) is 0.772. The van der Waals surface area contributed by atoms with Crippen LogP contribution in [0.2, 0.25) is 19.6 Å². The maximum Gasteiger partial charge on any atom is 0.409 e. The number of hydrogen-bond donors (Lipinski definition) is 0. The number of allylic oxidation sites excluding steroid dienone is 1. The third-order valence-corrected chi connectivity index (χ3v) is 1.94. The lowest BCUT2D eigenvalue weighted by Gasteiger charge is -2.08. The monoisotopic (exact) mass is 168 g/mol. The zero-order chi connectivity index (χ0) is 8.41. The molecule has 10 heavy (non-hydrogen) atoms. The molecule has 0 saturated heterocycles. The van der Waals surface area contributed by atoms with Gasteiger partial charge in [0.05, 0.1) is 8.07 Å². The minimum atomic E-state index is -4.14. The molecule has 0 nitrogen and oxygen atoms in total. The van der Waals surface area contributed by atoms with Crippen molar-refractivity contribution in [1.82, 2.24) is 0 Å². The lowest BCUT2D eigenvalue weighted by Crippen LogP contribution is -2.17. The van der Waals surface area contributed by atoms with E-state index < -0.39 is 14.3 Å². The van der Waals surface area contributed by atoms with Crippen LogP contribution in [-0.2, 0) is 0 Å². The van der Waals surface area contributed by atoms with Crippen molar-refractivity contribution >= 4 is 8.07 Å². The normalized spacial score (nSPS) is 14.6. The molecule has 0 spiro atoms. The zero-order valence-electron chi connectivity index (χ0n) is 6.29. The number of alkyl halides is 3. The van der Waals surface area contributed by atoms with Gasteiger partial charge in [-0.25, -0.2) is 0 Å². The van der Waals surface area contributed by atoms with E-state index in [1.165, 1.54) is 5.70 Å². The van der Waals surface area contributed by atoms with Crippen molar-refractivity contribution in [3.05, 3.63) is 11.8 Å². The summed E-state index contributed by atoms with van der Waals surface area (Å²) in [5.74, 6) is 0. The van der Waals surface area contributed by atoms with E-state index in [2.05, 4.69) is 0 Å². The van der Waals surface area contributed by atoms with Gasteiger partial charge >= 0.3 is 6.18 Å². The Kier molecular flexibility index (Phi) is 2.71. The lowest BCUT2D eigenvalue weighted by atomic mass is 10.6. The molecule has 0 aliphatic heterocycles. The second kappa shape index (κ2) is 2.78. The molecule has 0 aromatic carbocycles. The fourth-order valence-corrected chi connectivity index (χ4v) is 1.03. The minimum Gasteiger partial charge on any atom is -0.167 e. The molecule has 0 unspecified atom stereocenters. The summed E-state index contributed by atoms with van der Waals surface area (Å²) in [6.07, 6.45) is -3.81. The Balaban J connectivity index is 4.01. The van der Waals surface area contributed by atoms with Crippen LogP contribution in [0.4, 0.5) is 13.2 Å². The van der Waals surface area contributed by atoms with Crippen LogP contribution in [0.15, 0.2) is 11.8 Å². The van der Waals surface area contributed by atoms with Gasteiger partial charge in [-0.05, 0) is 0 Å². The Hall–Kier alpha value is -0.253. The molecule has 0 amide bonds. The van der Waals surface area contributed by atoms with Crippen LogP contribution < -0.4 is 0 Å². The topological polar surface area (TPSA) is 0 Å². The molecular formula is C6H11F3Si. The van der Waals surface area contributed by atoms with Gasteiger partial charge in [-0.3, -0.25) is 0 Å². The number of rotatable bonds is 1. The molecule has 0 bridgehead atoms. The molecule has 0 aromatic heterocycles. The molecule has 0 saturated carbocycles. The molecule has 0 aliphatic carbocycles. The summed E-state index contributed by atoms with van der Waals surface area (Å²) in [4.78, 5) is 0. The van der Waals surface area contributed by atoms with Crippen molar-refractivity contribution in [2.75, 3.05) is 0 Å². The molecule has 60 valence electrons. The van der Waals surface area contributed by atoms with Crippen LogP contribution in [0.5, 0.6) is 0 Å². The minimum absolute atomic E-state index is 0.333. The van der Waals surface area contributed by atoms with Crippen molar-refractivity contribution in [2.45, 2.75) is 25.8 Å². The van der Waals surface area contributed by atoms with Crippen LogP contribution in [0.25, 0.3) is 0 Å². The largest absolute Gasteiger partial charge is 0.409 e. The predicted molar refractivity (Wildman–Crippen MR) is 38.5 cm³/mol. The van der Waals surface area contributed by atoms with Gasteiger partial charge in [-0.1, -0.05) is 25.3 Å². The van der Waals surface area contributed by atoms with Gasteiger partial charge in [0.2, 0.25) is 0 Å². The summed E-state index contributed by atoms with van der Waals surface area (Å²) in [7, 11) is -1.67. The van der Waals surface area contributed by atoms with E-state index in [1.54, 1.807) is 0 Å². The first-order chi connectivity index (χ1) is 4.21. The summed E-state index contributed by atoms with van der Waals surface area (Å²) in [6.45, 7) is 5.57. The molecule has 0 fully saturated rings. The predicted octanol–water partition coefficient (Wildman–Crippen LogP) is 2.98.